The summed E-state index contributed by atoms with van der Waals surface area (Å²) in [6.45, 7) is 2.69. The summed E-state index contributed by atoms with van der Waals surface area (Å²) in [7, 11) is 0. The molecule has 0 aliphatic carbocycles. The molecule has 2 N–H and O–H groups in total. The minimum atomic E-state index is -0.324. The Morgan fingerprint density at radius 1 is 1.37 bits per heavy atom. The molecule has 100 valence electrons. The molecule has 4 nitrogen and oxygen atoms in total. The van der Waals surface area contributed by atoms with Crippen LogP contribution in [-0.2, 0) is 11.3 Å². The number of carbonyl (C=O) groups is 1. The summed E-state index contributed by atoms with van der Waals surface area (Å²) in [4.78, 5) is 15.9. The SMILES string of the molecule is Cc1nc(CNCC(=O)Nc2ccc(F)cc2)cs1. The molecule has 2 rings (SSSR count). The lowest BCUT2D eigenvalue weighted by atomic mass is 10.3. The van der Waals surface area contributed by atoms with Crippen LogP contribution in [0, 0.1) is 12.7 Å². The van der Waals surface area contributed by atoms with Gasteiger partial charge in [-0.15, -0.1) is 11.3 Å². The van der Waals surface area contributed by atoms with E-state index < -0.39 is 0 Å². The quantitative estimate of drug-likeness (QED) is 0.883. The van der Waals surface area contributed by atoms with Gasteiger partial charge in [-0.25, -0.2) is 9.37 Å². The number of carbonyl (C=O) groups excluding carboxylic acids is 1. The van der Waals surface area contributed by atoms with Crippen LogP contribution in [0.1, 0.15) is 10.7 Å². The first-order valence-electron chi connectivity index (χ1n) is 5.80. The van der Waals surface area contributed by atoms with Gasteiger partial charge in [0.05, 0.1) is 17.2 Å². The molecule has 0 bridgehead atoms. The second kappa shape index (κ2) is 6.40. The average molecular weight is 279 g/mol. The Balaban J connectivity index is 1.74. The van der Waals surface area contributed by atoms with Gasteiger partial charge >= 0.3 is 0 Å². The molecule has 1 amide bonds. The highest BCUT2D eigenvalue weighted by Gasteiger charge is 2.03. The number of anilines is 1. The van der Waals surface area contributed by atoms with Gasteiger partial charge in [0, 0.05) is 17.6 Å². The summed E-state index contributed by atoms with van der Waals surface area (Å²) in [6, 6.07) is 5.66. The monoisotopic (exact) mass is 279 g/mol. The number of aryl methyl sites for hydroxylation is 1. The molecular weight excluding hydrogens is 265 g/mol. The van der Waals surface area contributed by atoms with Gasteiger partial charge in [-0.3, -0.25) is 4.79 Å². The maximum absolute atomic E-state index is 12.7. The van der Waals surface area contributed by atoms with E-state index in [9.17, 15) is 9.18 Å². The number of benzene rings is 1. The molecule has 1 aromatic carbocycles. The van der Waals surface area contributed by atoms with Crippen molar-refractivity contribution in [2.24, 2.45) is 0 Å². The molecular formula is C13H14FN3OS. The smallest absolute Gasteiger partial charge is 0.238 e. The van der Waals surface area contributed by atoms with E-state index in [2.05, 4.69) is 15.6 Å². The van der Waals surface area contributed by atoms with Crippen LogP contribution in [0.4, 0.5) is 10.1 Å². The molecule has 0 spiro atoms. The van der Waals surface area contributed by atoms with E-state index in [1.807, 2.05) is 12.3 Å². The van der Waals surface area contributed by atoms with Crippen molar-refractivity contribution in [3.8, 4) is 0 Å². The van der Waals surface area contributed by atoms with Crippen LogP contribution in [0.5, 0.6) is 0 Å². The zero-order chi connectivity index (χ0) is 13.7. The number of nitrogens with zero attached hydrogens (tertiary/aromatic N) is 1. The minimum absolute atomic E-state index is 0.168. The van der Waals surface area contributed by atoms with E-state index >= 15 is 0 Å². The summed E-state index contributed by atoms with van der Waals surface area (Å²) in [5.74, 6) is -0.492. The molecule has 0 aliphatic heterocycles. The Morgan fingerprint density at radius 3 is 2.74 bits per heavy atom. The molecule has 2 aromatic rings. The average Bonchev–Trinajstić information content (AvgIpc) is 2.78. The molecule has 0 aliphatic rings. The number of aromatic nitrogens is 1. The number of halogens is 1. The highest BCUT2D eigenvalue weighted by Crippen LogP contribution is 2.08. The van der Waals surface area contributed by atoms with E-state index in [1.54, 1.807) is 11.3 Å². The van der Waals surface area contributed by atoms with Crippen LogP contribution < -0.4 is 10.6 Å². The van der Waals surface area contributed by atoms with Gasteiger partial charge in [0.25, 0.3) is 0 Å². The van der Waals surface area contributed by atoms with E-state index in [1.165, 1.54) is 24.3 Å². The van der Waals surface area contributed by atoms with Gasteiger partial charge in [0.2, 0.25) is 5.91 Å². The van der Waals surface area contributed by atoms with E-state index in [0.717, 1.165) is 10.7 Å². The fraction of sp³-hybridized carbons (Fsp3) is 0.231. The Hall–Kier alpha value is -1.79. The molecule has 6 heteroatoms. The minimum Gasteiger partial charge on any atom is -0.325 e. The molecule has 19 heavy (non-hydrogen) atoms. The van der Waals surface area contributed by atoms with Gasteiger partial charge in [0.15, 0.2) is 0 Å². The third-order valence-electron chi connectivity index (χ3n) is 2.39. The molecule has 0 fully saturated rings. The Labute approximate surface area is 114 Å². The summed E-state index contributed by atoms with van der Waals surface area (Å²) in [5, 5.41) is 8.64. The van der Waals surface area contributed by atoms with Crippen LogP contribution in [-0.4, -0.2) is 17.4 Å². The number of hydrogen-bond acceptors (Lipinski definition) is 4. The highest BCUT2D eigenvalue weighted by molar-refractivity contribution is 7.09. The zero-order valence-corrected chi connectivity index (χ0v) is 11.3. The fourth-order valence-electron chi connectivity index (χ4n) is 1.53. The van der Waals surface area contributed by atoms with Gasteiger partial charge < -0.3 is 10.6 Å². The predicted molar refractivity (Wildman–Crippen MR) is 73.6 cm³/mol. The number of rotatable bonds is 5. The molecule has 0 saturated heterocycles. The Bertz CT molecular complexity index is 553. The molecule has 0 radical (unpaired) electrons. The number of amides is 1. The third kappa shape index (κ3) is 4.42. The van der Waals surface area contributed by atoms with Crippen molar-refractivity contribution in [2.75, 3.05) is 11.9 Å². The first-order valence-corrected chi connectivity index (χ1v) is 6.68. The third-order valence-corrected chi connectivity index (χ3v) is 3.21. The van der Waals surface area contributed by atoms with Crippen molar-refractivity contribution in [3.05, 3.63) is 46.2 Å². The molecule has 0 atom stereocenters. The largest absolute Gasteiger partial charge is 0.325 e. The summed E-state index contributed by atoms with van der Waals surface area (Å²) >= 11 is 1.58. The van der Waals surface area contributed by atoms with Crippen LogP contribution in [0.3, 0.4) is 0 Å². The molecule has 0 unspecified atom stereocenters. The number of thiazole rings is 1. The van der Waals surface area contributed by atoms with Gasteiger partial charge in [-0.1, -0.05) is 0 Å². The lowest BCUT2D eigenvalue weighted by Crippen LogP contribution is -2.27. The van der Waals surface area contributed by atoms with Crippen molar-refractivity contribution in [2.45, 2.75) is 13.5 Å². The van der Waals surface area contributed by atoms with Crippen molar-refractivity contribution >= 4 is 22.9 Å². The van der Waals surface area contributed by atoms with Crippen LogP contribution >= 0.6 is 11.3 Å². The topological polar surface area (TPSA) is 54.0 Å². The summed E-state index contributed by atoms with van der Waals surface area (Å²) in [5.41, 5.74) is 1.51. The van der Waals surface area contributed by atoms with Crippen molar-refractivity contribution in [1.82, 2.24) is 10.3 Å². The molecule has 1 aromatic heterocycles. The fourth-order valence-corrected chi connectivity index (χ4v) is 2.14. The first kappa shape index (κ1) is 13.6. The van der Waals surface area contributed by atoms with E-state index in [0.29, 0.717) is 12.2 Å². The normalized spacial score (nSPS) is 10.4. The standard InChI is InChI=1S/C13H14FN3OS/c1-9-16-12(8-19-9)6-15-7-13(18)17-11-4-2-10(14)3-5-11/h2-5,8,15H,6-7H2,1H3,(H,17,18). The van der Waals surface area contributed by atoms with Crippen molar-refractivity contribution < 1.29 is 9.18 Å². The summed E-state index contributed by atoms with van der Waals surface area (Å²) < 4.78 is 12.7. The Kier molecular flexibility index (Phi) is 4.59. The number of nitrogens with one attached hydrogen (secondary N) is 2. The van der Waals surface area contributed by atoms with Crippen molar-refractivity contribution in [1.29, 1.82) is 0 Å². The molecule has 1 heterocycles. The highest BCUT2D eigenvalue weighted by atomic mass is 32.1. The lowest BCUT2D eigenvalue weighted by molar-refractivity contribution is -0.115. The van der Waals surface area contributed by atoms with E-state index in [4.69, 9.17) is 0 Å². The van der Waals surface area contributed by atoms with Crippen LogP contribution in [0.25, 0.3) is 0 Å². The first-order chi connectivity index (χ1) is 9.13. The number of hydrogen-bond donors (Lipinski definition) is 2. The second-order valence-corrected chi connectivity index (χ2v) is 5.08. The van der Waals surface area contributed by atoms with Crippen LogP contribution in [0.15, 0.2) is 29.6 Å². The van der Waals surface area contributed by atoms with Crippen molar-refractivity contribution in [3.63, 3.8) is 0 Å². The summed E-state index contributed by atoms with van der Waals surface area (Å²) in [6.07, 6.45) is 0. The maximum Gasteiger partial charge on any atom is 0.238 e. The maximum atomic E-state index is 12.7. The van der Waals surface area contributed by atoms with Gasteiger partial charge in [-0.05, 0) is 31.2 Å². The lowest BCUT2D eigenvalue weighted by Gasteiger charge is -2.05. The van der Waals surface area contributed by atoms with Gasteiger partial charge in [0.1, 0.15) is 5.82 Å². The molecule has 0 saturated carbocycles. The predicted octanol–water partition coefficient (Wildman–Crippen LogP) is 2.32. The zero-order valence-electron chi connectivity index (χ0n) is 10.4. The van der Waals surface area contributed by atoms with Gasteiger partial charge in [-0.2, -0.15) is 0 Å². The van der Waals surface area contributed by atoms with E-state index in [-0.39, 0.29) is 18.3 Å². The second-order valence-electron chi connectivity index (χ2n) is 4.02. The van der Waals surface area contributed by atoms with Crippen LogP contribution in [0.2, 0.25) is 0 Å². The Morgan fingerprint density at radius 2 is 2.11 bits per heavy atom.